The molecule has 3 N–H and O–H groups in total. The van der Waals surface area contributed by atoms with Crippen LogP contribution in [0.5, 0.6) is 17.2 Å². The molecule has 2 aromatic rings. The molecule has 1 heterocycles. The molecule has 0 fully saturated rings. The first-order valence-electron chi connectivity index (χ1n) is 16.6. The lowest BCUT2D eigenvalue weighted by Crippen LogP contribution is -2.54. The zero-order valence-electron chi connectivity index (χ0n) is 28.9. The Kier molecular flexibility index (Phi) is 14.4. The van der Waals surface area contributed by atoms with Gasteiger partial charge in [-0.1, -0.05) is 45.9 Å². The highest BCUT2D eigenvalue weighted by Gasteiger charge is 2.33. The van der Waals surface area contributed by atoms with Gasteiger partial charge >= 0.3 is 0 Å². The number of amides is 4. The molecule has 0 bridgehead atoms. The number of hydrogen-bond donors (Lipinski definition) is 3. The molecule has 0 aromatic heterocycles. The summed E-state index contributed by atoms with van der Waals surface area (Å²) in [6.07, 6.45) is 2.04. The van der Waals surface area contributed by atoms with Crippen molar-refractivity contribution in [2.75, 3.05) is 33.9 Å². The second-order valence-corrected chi connectivity index (χ2v) is 12.8. The summed E-state index contributed by atoms with van der Waals surface area (Å²) in [7, 11) is 3.31. The summed E-state index contributed by atoms with van der Waals surface area (Å²) in [6.45, 7) is 11.0. The van der Waals surface area contributed by atoms with E-state index in [-0.39, 0.29) is 42.4 Å². The maximum absolute atomic E-state index is 13.8. The molecule has 4 amide bonds. The molecular weight excluding hydrogens is 600 g/mol. The van der Waals surface area contributed by atoms with Gasteiger partial charge in [0.15, 0.2) is 11.5 Å². The molecule has 0 saturated heterocycles. The van der Waals surface area contributed by atoms with Crippen LogP contribution < -0.4 is 30.2 Å². The standard InChI is InChI=1S/C36H52N4O7/c1-8-46-31-16-15-25(20-32(31)45-7)12-11-17-37-35(43)28-21-33(41)38-29(19-24(4)5)36(44)40(6)26(18-23(2)3)22-47-30-14-10-9-13-27(30)34(42)39-28/h9-10,13-16,20,23-24,26,28-29H,8,11-12,17-19,21-22H2,1-7H3,(H,37,43)(H,38,41)(H,39,42)/t26-,28-,29-/m0/s1. The number of hydrogen-bond acceptors (Lipinski definition) is 7. The van der Waals surface area contributed by atoms with Crippen molar-refractivity contribution in [1.29, 1.82) is 0 Å². The number of fused-ring (bicyclic) bond motifs is 1. The summed E-state index contributed by atoms with van der Waals surface area (Å²) >= 11 is 0. The van der Waals surface area contributed by atoms with Gasteiger partial charge in [-0.15, -0.1) is 0 Å². The molecule has 258 valence electrons. The van der Waals surface area contributed by atoms with Crippen molar-refractivity contribution in [2.24, 2.45) is 11.8 Å². The normalized spacial score (nSPS) is 19.3. The van der Waals surface area contributed by atoms with Gasteiger partial charge in [-0.25, -0.2) is 0 Å². The van der Waals surface area contributed by atoms with E-state index in [1.165, 1.54) is 0 Å². The number of carbonyl (C=O) groups is 4. The Labute approximate surface area is 279 Å². The van der Waals surface area contributed by atoms with E-state index >= 15 is 0 Å². The monoisotopic (exact) mass is 652 g/mol. The van der Waals surface area contributed by atoms with Gasteiger partial charge in [0, 0.05) is 13.6 Å². The van der Waals surface area contributed by atoms with E-state index in [1.807, 2.05) is 39.0 Å². The Hall–Kier alpha value is -4.28. The predicted octanol–water partition coefficient (Wildman–Crippen LogP) is 4.13. The van der Waals surface area contributed by atoms with Crippen molar-refractivity contribution in [3.05, 3.63) is 53.6 Å². The minimum absolute atomic E-state index is 0.123. The summed E-state index contributed by atoms with van der Waals surface area (Å²) < 4.78 is 17.2. The third-order valence-corrected chi connectivity index (χ3v) is 8.02. The number of carbonyl (C=O) groups excluding carboxylic acids is 4. The van der Waals surface area contributed by atoms with Crippen molar-refractivity contribution in [1.82, 2.24) is 20.9 Å². The largest absolute Gasteiger partial charge is 0.493 e. The highest BCUT2D eigenvalue weighted by atomic mass is 16.5. The van der Waals surface area contributed by atoms with E-state index in [9.17, 15) is 19.2 Å². The Morgan fingerprint density at radius 1 is 1.02 bits per heavy atom. The molecule has 2 aromatic carbocycles. The van der Waals surface area contributed by atoms with Gasteiger partial charge in [0.2, 0.25) is 17.7 Å². The summed E-state index contributed by atoms with van der Waals surface area (Å²) in [5, 5.41) is 8.48. The van der Waals surface area contributed by atoms with Crippen LogP contribution in [0.3, 0.4) is 0 Å². The van der Waals surface area contributed by atoms with Crippen LogP contribution in [-0.4, -0.2) is 80.6 Å². The predicted molar refractivity (Wildman–Crippen MR) is 181 cm³/mol. The Morgan fingerprint density at radius 3 is 2.43 bits per heavy atom. The van der Waals surface area contributed by atoms with Crippen molar-refractivity contribution < 1.29 is 33.4 Å². The quantitative estimate of drug-likeness (QED) is 0.294. The number of benzene rings is 2. The molecule has 47 heavy (non-hydrogen) atoms. The van der Waals surface area contributed by atoms with E-state index in [0.717, 1.165) is 5.56 Å². The van der Waals surface area contributed by atoms with Crippen molar-refractivity contribution >= 4 is 23.6 Å². The SMILES string of the molecule is CCOc1ccc(CCCNC(=O)[C@@H]2CC(=O)N[C@@H](CC(C)C)C(=O)N(C)[C@@H](CC(C)C)COc3ccccc3C(=O)N2)cc1OC. The lowest BCUT2D eigenvalue weighted by Gasteiger charge is -2.33. The Morgan fingerprint density at radius 2 is 1.74 bits per heavy atom. The van der Waals surface area contributed by atoms with Crippen LogP contribution in [0.1, 0.15) is 76.2 Å². The van der Waals surface area contributed by atoms with Crippen molar-refractivity contribution in [3.8, 4) is 17.2 Å². The van der Waals surface area contributed by atoms with Crippen LogP contribution in [0.15, 0.2) is 42.5 Å². The molecule has 3 atom stereocenters. The van der Waals surface area contributed by atoms with Gasteiger partial charge in [0.1, 0.15) is 24.4 Å². The lowest BCUT2D eigenvalue weighted by atomic mass is 9.99. The van der Waals surface area contributed by atoms with Crippen LogP contribution in [0.4, 0.5) is 0 Å². The van der Waals surface area contributed by atoms with Gasteiger partial charge in [0.25, 0.3) is 5.91 Å². The second kappa shape index (κ2) is 18.2. The zero-order valence-corrected chi connectivity index (χ0v) is 28.9. The average molecular weight is 653 g/mol. The van der Waals surface area contributed by atoms with Crippen molar-refractivity contribution in [3.63, 3.8) is 0 Å². The van der Waals surface area contributed by atoms with Crippen molar-refractivity contribution in [2.45, 2.75) is 84.8 Å². The number of likely N-dealkylation sites (N-methyl/N-ethyl adjacent to an activating group) is 1. The van der Waals surface area contributed by atoms with E-state index in [1.54, 1.807) is 43.3 Å². The lowest BCUT2D eigenvalue weighted by molar-refractivity contribution is -0.138. The van der Waals surface area contributed by atoms with Crippen LogP contribution in [0, 0.1) is 11.8 Å². The summed E-state index contributed by atoms with van der Waals surface area (Å²) in [5.74, 6) is 0.298. The third-order valence-electron chi connectivity index (χ3n) is 8.02. The molecule has 0 unspecified atom stereocenters. The highest BCUT2D eigenvalue weighted by molar-refractivity contribution is 6.01. The number of aryl methyl sites for hydroxylation is 1. The van der Waals surface area contributed by atoms with Gasteiger partial charge in [-0.05, 0) is 74.3 Å². The third kappa shape index (κ3) is 11.2. The Balaban J connectivity index is 1.81. The first-order chi connectivity index (χ1) is 22.4. The number of methoxy groups -OCH3 is 1. The zero-order chi connectivity index (χ0) is 34.5. The van der Waals surface area contributed by atoms with Gasteiger partial charge in [-0.2, -0.15) is 0 Å². The van der Waals surface area contributed by atoms with E-state index in [4.69, 9.17) is 14.2 Å². The van der Waals surface area contributed by atoms with Crippen LogP contribution >= 0.6 is 0 Å². The van der Waals surface area contributed by atoms with E-state index in [0.29, 0.717) is 56.1 Å². The molecule has 0 saturated carbocycles. The topological polar surface area (TPSA) is 135 Å². The van der Waals surface area contributed by atoms with E-state index in [2.05, 4.69) is 29.8 Å². The average Bonchev–Trinajstić information content (AvgIpc) is 3.03. The molecular formula is C36H52N4O7. The van der Waals surface area contributed by atoms with E-state index < -0.39 is 29.8 Å². The minimum atomic E-state index is -1.18. The number of nitrogens with zero attached hydrogens (tertiary/aromatic N) is 1. The molecule has 1 aliphatic heterocycles. The molecule has 0 aliphatic carbocycles. The fourth-order valence-electron chi connectivity index (χ4n) is 5.62. The van der Waals surface area contributed by atoms with Gasteiger partial charge in [0.05, 0.1) is 31.7 Å². The number of ether oxygens (including phenoxy) is 3. The first kappa shape index (κ1) is 37.2. The van der Waals surface area contributed by atoms with Crippen LogP contribution in [0.25, 0.3) is 0 Å². The van der Waals surface area contributed by atoms with Crippen LogP contribution in [-0.2, 0) is 20.8 Å². The maximum atomic E-state index is 13.8. The first-order valence-corrected chi connectivity index (χ1v) is 16.6. The molecule has 11 heteroatoms. The fraction of sp³-hybridized carbons (Fsp3) is 0.556. The van der Waals surface area contributed by atoms with Gasteiger partial charge < -0.3 is 35.1 Å². The fourth-order valence-corrected chi connectivity index (χ4v) is 5.62. The number of nitrogens with one attached hydrogen (secondary N) is 3. The Bertz CT molecular complexity index is 1360. The summed E-state index contributed by atoms with van der Waals surface area (Å²) in [4.78, 5) is 55.8. The molecule has 0 spiro atoms. The maximum Gasteiger partial charge on any atom is 0.255 e. The highest BCUT2D eigenvalue weighted by Crippen LogP contribution is 2.28. The second-order valence-electron chi connectivity index (χ2n) is 12.8. The summed E-state index contributed by atoms with van der Waals surface area (Å²) in [5.41, 5.74) is 1.26. The van der Waals surface area contributed by atoms with Gasteiger partial charge in [-0.3, -0.25) is 19.2 Å². The molecule has 3 rings (SSSR count). The van der Waals surface area contributed by atoms with Crippen LogP contribution in [0.2, 0.25) is 0 Å². The smallest absolute Gasteiger partial charge is 0.255 e. The minimum Gasteiger partial charge on any atom is -0.493 e. The molecule has 11 nitrogen and oxygen atoms in total. The number of para-hydroxylation sites is 1. The molecule has 0 radical (unpaired) electrons. The summed E-state index contributed by atoms with van der Waals surface area (Å²) in [6, 6.07) is 10.2. The molecule has 1 aliphatic rings. The number of rotatable bonds is 12.